The number of hydrogen-bond acceptors (Lipinski definition) is 12. The fraction of sp³-hybridized carbons (Fsp3) is 0.857. The van der Waals surface area contributed by atoms with E-state index in [9.17, 15) is 25.5 Å². The summed E-state index contributed by atoms with van der Waals surface area (Å²) in [7, 11) is 0. The smallest absolute Gasteiger partial charge is 0.227 e. The molecule has 0 amide bonds. The molecule has 0 aromatic heterocycles. The third-order valence-electron chi connectivity index (χ3n) is 5.78. The molecule has 188 valence electrons. The van der Waals surface area contributed by atoms with Crippen molar-refractivity contribution in [2.45, 2.75) is 81.1 Å². The molecule has 4 unspecified atom stereocenters. The SMILES string of the molecule is C#CCCCOCCNCC1O[C@@H](O[C@@H]2C(CO)O[C@@H]3OC(C)=NC3[C@H]2O)C(O)[C@@H](O)[C@H]1O. The first-order valence-corrected chi connectivity index (χ1v) is 11.1. The Morgan fingerprint density at radius 2 is 1.85 bits per heavy atom. The number of aliphatic hydroxyl groups is 5. The standard InChI is InChI=1S/C21H34N2O10/c1-3-4-5-7-29-8-6-22-9-12-15(25)17(27)18(28)21(31-12)33-19-13(10-24)32-20-14(16(19)26)23-11(2)30-20/h1,12-22,24-28H,4-10H2,2H3/t12?,13?,14?,15-,16+,17-,18?,19+,20-,21-/m0/s1. The first-order valence-electron chi connectivity index (χ1n) is 11.1. The highest BCUT2D eigenvalue weighted by atomic mass is 16.7. The van der Waals surface area contributed by atoms with Gasteiger partial charge in [0, 0.05) is 33.0 Å². The Labute approximate surface area is 192 Å². The summed E-state index contributed by atoms with van der Waals surface area (Å²) in [6.45, 7) is 2.71. The van der Waals surface area contributed by atoms with Gasteiger partial charge in [-0.1, -0.05) is 0 Å². The maximum atomic E-state index is 10.7. The van der Waals surface area contributed by atoms with Gasteiger partial charge in [-0.15, -0.1) is 12.3 Å². The van der Waals surface area contributed by atoms with E-state index in [1.54, 1.807) is 6.92 Å². The molecule has 10 atom stereocenters. The van der Waals surface area contributed by atoms with Crippen LogP contribution in [0.2, 0.25) is 0 Å². The number of nitrogens with zero attached hydrogens (tertiary/aromatic N) is 1. The average molecular weight is 475 g/mol. The molecule has 0 radical (unpaired) electrons. The van der Waals surface area contributed by atoms with Gasteiger partial charge < -0.3 is 54.5 Å². The van der Waals surface area contributed by atoms with Gasteiger partial charge in [0.05, 0.1) is 13.2 Å². The zero-order valence-corrected chi connectivity index (χ0v) is 18.5. The van der Waals surface area contributed by atoms with E-state index in [4.69, 9.17) is 30.1 Å². The van der Waals surface area contributed by atoms with Crippen molar-refractivity contribution >= 4 is 5.90 Å². The van der Waals surface area contributed by atoms with Crippen molar-refractivity contribution in [2.75, 3.05) is 32.9 Å². The van der Waals surface area contributed by atoms with Crippen molar-refractivity contribution in [1.29, 1.82) is 0 Å². The normalized spacial score (nSPS) is 40.6. The molecule has 0 saturated carbocycles. The molecule has 12 nitrogen and oxygen atoms in total. The zero-order chi connectivity index (χ0) is 24.0. The molecule has 0 aromatic carbocycles. The molecule has 0 bridgehead atoms. The van der Waals surface area contributed by atoms with E-state index in [0.29, 0.717) is 32.1 Å². The number of nitrogens with one attached hydrogen (secondary N) is 1. The minimum Gasteiger partial charge on any atom is -0.450 e. The molecule has 3 rings (SSSR count). The predicted octanol–water partition coefficient (Wildman–Crippen LogP) is -2.91. The van der Waals surface area contributed by atoms with Crippen LogP contribution in [0.1, 0.15) is 19.8 Å². The van der Waals surface area contributed by atoms with Crippen LogP contribution in [-0.4, -0.2) is 126 Å². The Kier molecular flexibility index (Phi) is 9.83. The van der Waals surface area contributed by atoms with E-state index < -0.39 is 68.0 Å². The van der Waals surface area contributed by atoms with Gasteiger partial charge in [0.15, 0.2) is 12.2 Å². The van der Waals surface area contributed by atoms with Crippen molar-refractivity contribution in [3.05, 3.63) is 0 Å². The van der Waals surface area contributed by atoms with E-state index in [1.807, 2.05) is 0 Å². The van der Waals surface area contributed by atoms with Gasteiger partial charge in [0.2, 0.25) is 6.29 Å². The minimum atomic E-state index is -1.59. The molecule has 33 heavy (non-hydrogen) atoms. The molecule has 12 heteroatoms. The molecular formula is C21H34N2O10. The van der Waals surface area contributed by atoms with Gasteiger partial charge in [0.1, 0.15) is 48.8 Å². The van der Waals surface area contributed by atoms with E-state index in [-0.39, 0.29) is 6.54 Å². The van der Waals surface area contributed by atoms with Crippen molar-refractivity contribution in [1.82, 2.24) is 5.32 Å². The number of hydrogen-bond donors (Lipinski definition) is 6. The van der Waals surface area contributed by atoms with Crippen LogP contribution >= 0.6 is 0 Å². The number of aliphatic hydroxyl groups excluding tert-OH is 5. The number of rotatable bonds is 11. The first-order chi connectivity index (χ1) is 15.9. The van der Waals surface area contributed by atoms with E-state index in [2.05, 4.69) is 16.2 Å². The summed E-state index contributed by atoms with van der Waals surface area (Å²) < 4.78 is 27.9. The second-order valence-corrected chi connectivity index (χ2v) is 8.21. The Hall–Kier alpha value is -1.37. The molecule has 0 aromatic rings. The largest absolute Gasteiger partial charge is 0.450 e. The fourth-order valence-corrected chi connectivity index (χ4v) is 3.98. The summed E-state index contributed by atoms with van der Waals surface area (Å²) in [4.78, 5) is 4.18. The number of fused-ring (bicyclic) bond motifs is 1. The quantitative estimate of drug-likeness (QED) is 0.134. The van der Waals surface area contributed by atoms with Gasteiger partial charge >= 0.3 is 0 Å². The highest BCUT2D eigenvalue weighted by Crippen LogP contribution is 2.32. The number of terminal acetylenes is 1. The van der Waals surface area contributed by atoms with Crippen molar-refractivity contribution < 1.29 is 49.2 Å². The molecule has 2 fully saturated rings. The predicted molar refractivity (Wildman–Crippen MR) is 113 cm³/mol. The van der Waals surface area contributed by atoms with Crippen LogP contribution in [0.4, 0.5) is 0 Å². The van der Waals surface area contributed by atoms with Crippen LogP contribution in [0.5, 0.6) is 0 Å². The molecular weight excluding hydrogens is 440 g/mol. The van der Waals surface area contributed by atoms with Crippen molar-refractivity contribution in [3.8, 4) is 12.3 Å². The second-order valence-electron chi connectivity index (χ2n) is 8.21. The second kappa shape index (κ2) is 12.4. The summed E-state index contributed by atoms with van der Waals surface area (Å²) in [6, 6.07) is -0.771. The number of unbranched alkanes of at least 4 members (excludes halogenated alkanes) is 1. The molecule has 0 aliphatic carbocycles. The third kappa shape index (κ3) is 6.40. The summed E-state index contributed by atoms with van der Waals surface area (Å²) in [5.41, 5.74) is 0. The van der Waals surface area contributed by atoms with E-state index >= 15 is 0 Å². The lowest BCUT2D eigenvalue weighted by Gasteiger charge is -2.45. The lowest BCUT2D eigenvalue weighted by atomic mass is 9.96. The molecule has 3 heterocycles. The van der Waals surface area contributed by atoms with Crippen LogP contribution < -0.4 is 5.32 Å². The van der Waals surface area contributed by atoms with Crippen LogP contribution in [-0.2, 0) is 23.7 Å². The number of aliphatic imine (C=N–C) groups is 1. The maximum Gasteiger partial charge on any atom is 0.227 e. The molecule has 0 spiro atoms. The fourth-order valence-electron chi connectivity index (χ4n) is 3.98. The van der Waals surface area contributed by atoms with Crippen molar-refractivity contribution in [2.24, 2.45) is 4.99 Å². The molecule has 3 aliphatic heterocycles. The lowest BCUT2D eigenvalue weighted by Crippen LogP contribution is -2.64. The molecule has 2 saturated heterocycles. The van der Waals surface area contributed by atoms with E-state index in [1.165, 1.54) is 0 Å². The Balaban J connectivity index is 1.54. The van der Waals surface area contributed by atoms with Crippen molar-refractivity contribution in [3.63, 3.8) is 0 Å². The van der Waals surface area contributed by atoms with Gasteiger partial charge in [-0.3, -0.25) is 0 Å². The van der Waals surface area contributed by atoms with Gasteiger partial charge in [-0.2, -0.15) is 0 Å². The zero-order valence-electron chi connectivity index (χ0n) is 18.5. The van der Waals surface area contributed by atoms with Gasteiger partial charge in [-0.25, -0.2) is 4.99 Å². The maximum absolute atomic E-state index is 10.7. The Morgan fingerprint density at radius 1 is 1.06 bits per heavy atom. The summed E-state index contributed by atoms with van der Waals surface area (Å²) in [5.74, 6) is 2.87. The first kappa shape index (κ1) is 26.2. The van der Waals surface area contributed by atoms with Crippen LogP contribution in [0.15, 0.2) is 4.99 Å². The average Bonchev–Trinajstić information content (AvgIpc) is 3.18. The minimum absolute atomic E-state index is 0.147. The van der Waals surface area contributed by atoms with E-state index in [0.717, 1.165) is 6.42 Å². The summed E-state index contributed by atoms with van der Waals surface area (Å²) in [5, 5.41) is 54.5. The highest BCUT2D eigenvalue weighted by Gasteiger charge is 2.52. The molecule has 6 N–H and O–H groups in total. The summed E-state index contributed by atoms with van der Waals surface area (Å²) >= 11 is 0. The monoisotopic (exact) mass is 474 g/mol. The van der Waals surface area contributed by atoms with Gasteiger partial charge in [-0.05, 0) is 6.42 Å². The van der Waals surface area contributed by atoms with Crippen LogP contribution in [0, 0.1) is 12.3 Å². The Morgan fingerprint density at radius 3 is 2.58 bits per heavy atom. The van der Waals surface area contributed by atoms with Gasteiger partial charge in [0.25, 0.3) is 0 Å². The lowest BCUT2D eigenvalue weighted by molar-refractivity contribution is -0.338. The van der Waals surface area contributed by atoms with Crippen LogP contribution in [0.25, 0.3) is 0 Å². The topological polar surface area (TPSA) is 172 Å². The van der Waals surface area contributed by atoms with Crippen LogP contribution in [0.3, 0.4) is 0 Å². The summed E-state index contributed by atoms with van der Waals surface area (Å²) in [6.07, 6.45) is -4.39. The third-order valence-corrected chi connectivity index (χ3v) is 5.78. The number of ether oxygens (including phenoxy) is 5. The highest BCUT2D eigenvalue weighted by molar-refractivity contribution is 5.75. The molecule has 3 aliphatic rings. The Bertz CT molecular complexity index is 688.